The number of halogens is 3. The van der Waals surface area contributed by atoms with Crippen molar-refractivity contribution in [2.75, 3.05) is 7.11 Å². The van der Waals surface area contributed by atoms with Gasteiger partial charge in [-0.25, -0.2) is 13.6 Å². The van der Waals surface area contributed by atoms with Gasteiger partial charge in [0, 0.05) is 16.6 Å². The molecule has 0 atom stereocenters. The molecule has 1 heterocycles. The minimum Gasteiger partial charge on any atom is -0.465 e. The first-order chi connectivity index (χ1) is 7.51. The Labute approximate surface area is 97.7 Å². The zero-order valence-electron chi connectivity index (χ0n) is 8.22. The second-order valence-electron chi connectivity index (χ2n) is 2.87. The highest BCUT2D eigenvalue weighted by atomic mass is 79.9. The van der Waals surface area contributed by atoms with Crippen LogP contribution in [0.5, 0.6) is 0 Å². The predicted molar refractivity (Wildman–Crippen MR) is 56.0 cm³/mol. The van der Waals surface area contributed by atoms with Gasteiger partial charge in [-0.05, 0) is 6.07 Å². The average molecular weight is 296 g/mol. The summed E-state index contributed by atoms with van der Waals surface area (Å²) in [6.45, 7) is 0. The van der Waals surface area contributed by atoms with Gasteiger partial charge in [0.1, 0.15) is 5.56 Å². The quantitative estimate of drug-likeness (QED) is 0.685. The maximum atomic E-state index is 12.6. The molecule has 1 N–H and O–H groups in total. The SMILES string of the molecule is COC(=O)c1cc(C(F)F)c(CBr)[nH]c1=O. The number of aromatic amines is 1. The molecule has 0 radical (unpaired) electrons. The van der Waals surface area contributed by atoms with Crippen LogP contribution >= 0.6 is 15.9 Å². The number of methoxy groups -OCH3 is 1. The van der Waals surface area contributed by atoms with Crippen molar-refractivity contribution < 1.29 is 18.3 Å². The van der Waals surface area contributed by atoms with Gasteiger partial charge in [-0.2, -0.15) is 0 Å². The van der Waals surface area contributed by atoms with E-state index in [9.17, 15) is 18.4 Å². The van der Waals surface area contributed by atoms with Gasteiger partial charge in [0.05, 0.1) is 7.11 Å². The number of rotatable bonds is 3. The van der Waals surface area contributed by atoms with Crippen LogP contribution in [-0.2, 0) is 10.1 Å². The Morgan fingerprint density at radius 1 is 1.62 bits per heavy atom. The van der Waals surface area contributed by atoms with Gasteiger partial charge < -0.3 is 9.72 Å². The first-order valence-corrected chi connectivity index (χ1v) is 5.32. The highest BCUT2D eigenvalue weighted by Crippen LogP contribution is 2.23. The fraction of sp³-hybridized carbons (Fsp3) is 0.333. The summed E-state index contributed by atoms with van der Waals surface area (Å²) in [6, 6.07) is 0.853. The Morgan fingerprint density at radius 3 is 2.69 bits per heavy atom. The third kappa shape index (κ3) is 2.46. The highest BCUT2D eigenvalue weighted by Gasteiger charge is 2.19. The highest BCUT2D eigenvalue weighted by molar-refractivity contribution is 9.08. The molecule has 16 heavy (non-hydrogen) atoms. The molecule has 0 aliphatic carbocycles. The number of esters is 1. The molecule has 0 aliphatic heterocycles. The lowest BCUT2D eigenvalue weighted by Crippen LogP contribution is -2.21. The summed E-state index contributed by atoms with van der Waals surface area (Å²) in [7, 11) is 1.07. The monoisotopic (exact) mass is 295 g/mol. The summed E-state index contributed by atoms with van der Waals surface area (Å²) >= 11 is 2.97. The van der Waals surface area contributed by atoms with Crippen LogP contribution in [0.1, 0.15) is 28.0 Å². The average Bonchev–Trinajstić information content (AvgIpc) is 2.27. The molecule has 4 nitrogen and oxygen atoms in total. The number of aromatic nitrogens is 1. The number of carbonyl (C=O) groups excluding carboxylic acids is 1. The smallest absolute Gasteiger partial charge is 0.343 e. The van der Waals surface area contributed by atoms with Crippen LogP contribution in [-0.4, -0.2) is 18.1 Å². The van der Waals surface area contributed by atoms with E-state index in [4.69, 9.17) is 0 Å². The Morgan fingerprint density at radius 2 is 2.25 bits per heavy atom. The second-order valence-corrected chi connectivity index (χ2v) is 3.43. The van der Waals surface area contributed by atoms with Gasteiger partial charge in [-0.1, -0.05) is 15.9 Å². The number of carbonyl (C=O) groups is 1. The number of nitrogens with one attached hydrogen (secondary N) is 1. The van der Waals surface area contributed by atoms with E-state index in [0.717, 1.165) is 13.2 Å². The molecule has 0 unspecified atom stereocenters. The van der Waals surface area contributed by atoms with Crippen LogP contribution in [0, 0.1) is 0 Å². The van der Waals surface area contributed by atoms with Crippen molar-refractivity contribution in [3.63, 3.8) is 0 Å². The summed E-state index contributed by atoms with van der Waals surface area (Å²) in [4.78, 5) is 24.7. The zero-order valence-corrected chi connectivity index (χ0v) is 9.81. The second kappa shape index (κ2) is 5.20. The molecule has 0 saturated carbocycles. The van der Waals surface area contributed by atoms with Gasteiger partial charge in [0.15, 0.2) is 0 Å². The van der Waals surface area contributed by atoms with E-state index in [1.54, 1.807) is 0 Å². The molecule has 1 aromatic rings. The number of ether oxygens (including phenoxy) is 1. The molecule has 0 saturated heterocycles. The van der Waals surface area contributed by atoms with E-state index in [2.05, 4.69) is 25.7 Å². The lowest BCUT2D eigenvalue weighted by Gasteiger charge is -2.07. The third-order valence-corrected chi connectivity index (χ3v) is 2.49. The maximum Gasteiger partial charge on any atom is 0.343 e. The van der Waals surface area contributed by atoms with Gasteiger partial charge in [0.2, 0.25) is 0 Å². The standard InChI is InChI=1S/C9H8BrF2NO3/c1-16-9(15)5-2-4(7(11)12)6(3-10)13-8(5)14/h2,7H,3H2,1H3,(H,13,14). The van der Waals surface area contributed by atoms with Crippen LogP contribution in [0.4, 0.5) is 8.78 Å². The van der Waals surface area contributed by atoms with Crippen LogP contribution in [0.2, 0.25) is 0 Å². The third-order valence-electron chi connectivity index (χ3n) is 1.93. The number of H-pyrrole nitrogens is 1. The van der Waals surface area contributed by atoms with Gasteiger partial charge in [0.25, 0.3) is 12.0 Å². The van der Waals surface area contributed by atoms with Crippen LogP contribution < -0.4 is 5.56 Å². The van der Waals surface area contributed by atoms with Crippen molar-refractivity contribution in [3.05, 3.63) is 33.2 Å². The molecule has 88 valence electrons. The van der Waals surface area contributed by atoms with Crippen molar-refractivity contribution in [2.45, 2.75) is 11.8 Å². The number of alkyl halides is 3. The molecular formula is C9H8BrF2NO3. The van der Waals surface area contributed by atoms with Gasteiger partial charge >= 0.3 is 5.97 Å². The van der Waals surface area contributed by atoms with E-state index >= 15 is 0 Å². The van der Waals surface area contributed by atoms with Crippen LogP contribution in [0.3, 0.4) is 0 Å². The number of hydrogen-bond acceptors (Lipinski definition) is 3. The number of pyridine rings is 1. The summed E-state index contributed by atoms with van der Waals surface area (Å²) < 4.78 is 29.5. The maximum absolute atomic E-state index is 12.6. The van der Waals surface area contributed by atoms with Crippen molar-refractivity contribution in [1.29, 1.82) is 0 Å². The van der Waals surface area contributed by atoms with E-state index in [1.807, 2.05) is 0 Å². The van der Waals surface area contributed by atoms with E-state index in [1.165, 1.54) is 0 Å². The first-order valence-electron chi connectivity index (χ1n) is 4.19. The molecule has 0 amide bonds. The van der Waals surface area contributed by atoms with Crippen molar-refractivity contribution in [1.82, 2.24) is 4.98 Å². The fourth-order valence-electron chi connectivity index (χ4n) is 1.15. The summed E-state index contributed by atoms with van der Waals surface area (Å²) in [5.74, 6) is -0.940. The molecule has 0 fully saturated rings. The van der Waals surface area contributed by atoms with E-state index in [0.29, 0.717) is 0 Å². The Kier molecular flexibility index (Phi) is 4.17. The lowest BCUT2D eigenvalue weighted by molar-refractivity contribution is 0.0598. The van der Waals surface area contributed by atoms with Crippen molar-refractivity contribution >= 4 is 21.9 Å². The summed E-state index contributed by atoms with van der Waals surface area (Å²) in [5.41, 5.74) is -1.52. The van der Waals surface area contributed by atoms with Gasteiger partial charge in [-0.3, -0.25) is 4.79 Å². The predicted octanol–water partition coefficient (Wildman–Crippen LogP) is 1.99. The first kappa shape index (κ1) is 12.8. The molecule has 0 bridgehead atoms. The largest absolute Gasteiger partial charge is 0.465 e. The topological polar surface area (TPSA) is 59.2 Å². The molecule has 1 aromatic heterocycles. The normalized spacial score (nSPS) is 10.6. The Balaban J connectivity index is 3.39. The van der Waals surface area contributed by atoms with Crippen LogP contribution in [0.25, 0.3) is 0 Å². The summed E-state index contributed by atoms with van der Waals surface area (Å²) in [6.07, 6.45) is -2.77. The molecule has 0 aromatic carbocycles. The zero-order chi connectivity index (χ0) is 12.3. The van der Waals surface area contributed by atoms with E-state index in [-0.39, 0.29) is 11.0 Å². The fourth-order valence-corrected chi connectivity index (χ4v) is 1.62. The Hall–Kier alpha value is -1.24. The molecule has 1 rings (SSSR count). The summed E-state index contributed by atoms with van der Waals surface area (Å²) in [5, 5.41) is 0.0728. The molecule has 0 spiro atoms. The van der Waals surface area contributed by atoms with E-state index < -0.39 is 29.1 Å². The van der Waals surface area contributed by atoms with Crippen molar-refractivity contribution in [2.24, 2.45) is 0 Å². The molecule has 7 heteroatoms. The van der Waals surface area contributed by atoms with Crippen molar-refractivity contribution in [3.8, 4) is 0 Å². The molecule has 0 aliphatic rings. The van der Waals surface area contributed by atoms with Crippen LogP contribution in [0.15, 0.2) is 10.9 Å². The minimum atomic E-state index is -2.77. The number of hydrogen-bond donors (Lipinski definition) is 1. The Bertz CT molecular complexity index is 459. The van der Waals surface area contributed by atoms with Gasteiger partial charge in [-0.15, -0.1) is 0 Å². The minimum absolute atomic E-state index is 0.0488. The molecular weight excluding hydrogens is 288 g/mol. The lowest BCUT2D eigenvalue weighted by atomic mass is 10.1.